The topological polar surface area (TPSA) is 73.8 Å². The molecule has 1 aromatic rings. The van der Waals surface area contributed by atoms with Gasteiger partial charge in [0.1, 0.15) is 4.90 Å². The first-order valence-electron chi connectivity index (χ1n) is 6.41. The molecule has 0 bridgehead atoms. The number of sulfonamides is 1. The van der Waals surface area contributed by atoms with E-state index in [0.717, 1.165) is 13.1 Å². The van der Waals surface area contributed by atoms with Gasteiger partial charge in [0.2, 0.25) is 5.96 Å². The summed E-state index contributed by atoms with van der Waals surface area (Å²) in [6.45, 7) is 5.73. The third-order valence-electron chi connectivity index (χ3n) is 3.05. The van der Waals surface area contributed by atoms with E-state index in [4.69, 9.17) is 11.6 Å². The van der Waals surface area contributed by atoms with E-state index < -0.39 is 10.0 Å². The van der Waals surface area contributed by atoms with Crippen LogP contribution in [0, 0.1) is 6.92 Å². The molecule has 0 saturated carbocycles. The molecule has 0 spiro atoms. The first-order chi connectivity index (χ1) is 9.83. The molecular weight excluding hydrogens is 332 g/mol. The van der Waals surface area contributed by atoms with E-state index in [2.05, 4.69) is 27.8 Å². The summed E-state index contributed by atoms with van der Waals surface area (Å²) in [7, 11) is -3.77. The minimum atomic E-state index is -3.77. The predicted molar refractivity (Wildman–Crippen MR) is 86.4 cm³/mol. The fourth-order valence-corrected chi connectivity index (χ4v) is 3.79. The molecule has 1 aliphatic rings. The summed E-state index contributed by atoms with van der Waals surface area (Å²) in [4.78, 5) is 4.50. The van der Waals surface area contributed by atoms with Crippen molar-refractivity contribution in [3.8, 4) is 0 Å². The number of likely N-dealkylation sites (N-methyl/N-ethyl adjacent to an activating group) is 1. The van der Waals surface area contributed by atoms with Gasteiger partial charge in [-0.15, -0.1) is 12.6 Å². The van der Waals surface area contributed by atoms with Gasteiger partial charge in [-0.05, 0) is 24.6 Å². The van der Waals surface area contributed by atoms with Gasteiger partial charge >= 0.3 is 0 Å². The van der Waals surface area contributed by atoms with Crippen LogP contribution in [0.3, 0.4) is 0 Å². The lowest BCUT2D eigenvalue weighted by atomic mass is 10.2. The predicted octanol–water partition coefficient (Wildman–Crippen LogP) is 1.41. The molecule has 9 heteroatoms. The van der Waals surface area contributed by atoms with E-state index in [1.165, 1.54) is 12.1 Å². The summed E-state index contributed by atoms with van der Waals surface area (Å²) in [5, 5.41) is 2.35. The van der Waals surface area contributed by atoms with E-state index in [1.54, 1.807) is 6.92 Å². The van der Waals surface area contributed by atoms with E-state index in [1.807, 2.05) is 11.9 Å². The number of benzene rings is 1. The van der Waals surface area contributed by atoms with Crippen molar-refractivity contribution in [1.82, 2.24) is 15.2 Å². The van der Waals surface area contributed by atoms with Crippen LogP contribution in [-0.4, -0.2) is 39.0 Å². The number of nitrogens with one attached hydrogen (secondary N) is 2. The zero-order valence-corrected chi connectivity index (χ0v) is 14.2. The molecule has 0 saturated heterocycles. The molecule has 2 rings (SSSR count). The van der Waals surface area contributed by atoms with Gasteiger partial charge in [0.25, 0.3) is 10.0 Å². The zero-order valence-electron chi connectivity index (χ0n) is 11.7. The molecule has 116 valence electrons. The van der Waals surface area contributed by atoms with Gasteiger partial charge in [-0.3, -0.25) is 5.43 Å². The lowest BCUT2D eigenvalue weighted by molar-refractivity contribution is 0.241. The normalized spacial score (nSPS) is 16.3. The number of aryl methyl sites for hydroxylation is 1. The second kappa shape index (κ2) is 6.43. The van der Waals surface area contributed by atoms with Crippen molar-refractivity contribution in [3.05, 3.63) is 22.7 Å². The van der Waals surface area contributed by atoms with Crippen molar-refractivity contribution < 1.29 is 8.42 Å². The Morgan fingerprint density at radius 3 is 2.90 bits per heavy atom. The fraction of sp³-hybridized carbons (Fsp3) is 0.417. The van der Waals surface area contributed by atoms with Crippen molar-refractivity contribution in [3.63, 3.8) is 0 Å². The number of nitrogens with zero attached hydrogens (tertiary/aromatic N) is 2. The third kappa shape index (κ3) is 3.82. The maximum Gasteiger partial charge on any atom is 0.265 e. The van der Waals surface area contributed by atoms with Crippen molar-refractivity contribution in [2.75, 3.05) is 19.6 Å². The van der Waals surface area contributed by atoms with Gasteiger partial charge in [-0.25, -0.2) is 23.1 Å². The summed E-state index contributed by atoms with van der Waals surface area (Å²) in [6.07, 6.45) is 0. The van der Waals surface area contributed by atoms with E-state index >= 15 is 0 Å². The van der Waals surface area contributed by atoms with Gasteiger partial charge in [0.15, 0.2) is 0 Å². The Labute approximate surface area is 135 Å². The summed E-state index contributed by atoms with van der Waals surface area (Å²) >= 11 is 10.1. The maximum atomic E-state index is 12.4. The second-order valence-electron chi connectivity index (χ2n) is 4.60. The van der Waals surface area contributed by atoms with Crippen LogP contribution in [0.4, 0.5) is 0 Å². The van der Waals surface area contributed by atoms with Crippen LogP contribution in [0.5, 0.6) is 0 Å². The van der Waals surface area contributed by atoms with E-state index in [0.29, 0.717) is 22.0 Å². The number of guanidine groups is 1. The van der Waals surface area contributed by atoms with Crippen LogP contribution < -0.4 is 10.1 Å². The van der Waals surface area contributed by atoms with Crippen molar-refractivity contribution in [2.24, 2.45) is 4.99 Å². The van der Waals surface area contributed by atoms with Crippen LogP contribution >= 0.6 is 24.2 Å². The average Bonchev–Trinajstić information content (AvgIpc) is 2.42. The SMILES string of the molecule is CCN1CCN=C(NS(=O)(=O)c2cc(C)c(Cl)cc2S)N1. The molecule has 2 N–H and O–H groups in total. The molecule has 0 aliphatic carbocycles. The lowest BCUT2D eigenvalue weighted by Gasteiger charge is -2.27. The van der Waals surface area contributed by atoms with Crippen molar-refractivity contribution >= 4 is 40.2 Å². The highest BCUT2D eigenvalue weighted by Gasteiger charge is 2.22. The Bertz CT molecular complexity index is 676. The zero-order chi connectivity index (χ0) is 15.6. The molecule has 21 heavy (non-hydrogen) atoms. The van der Waals surface area contributed by atoms with Gasteiger partial charge in [0, 0.05) is 23.0 Å². The number of hydrogen-bond donors (Lipinski definition) is 3. The molecule has 0 atom stereocenters. The first kappa shape index (κ1) is 16.4. The number of rotatable bonds is 3. The number of aliphatic imine (C=N–C) groups is 1. The van der Waals surface area contributed by atoms with Crippen LogP contribution in [0.25, 0.3) is 0 Å². The summed E-state index contributed by atoms with van der Waals surface area (Å²) in [6, 6.07) is 3.01. The molecule has 0 aromatic heterocycles. The molecule has 1 aliphatic heterocycles. The monoisotopic (exact) mass is 348 g/mol. The van der Waals surface area contributed by atoms with E-state index in [-0.39, 0.29) is 10.9 Å². The van der Waals surface area contributed by atoms with Crippen molar-refractivity contribution in [1.29, 1.82) is 0 Å². The standard InChI is InChI=1S/C12H17ClN4O2S2/c1-3-17-5-4-14-12(15-17)16-21(18,19)11-6-8(2)9(13)7-10(11)20/h6-7,20H,3-5H2,1-2H3,(H2,14,15,16). The fourth-order valence-electron chi connectivity index (χ4n) is 1.86. The van der Waals surface area contributed by atoms with Crippen molar-refractivity contribution in [2.45, 2.75) is 23.6 Å². The van der Waals surface area contributed by atoms with Gasteiger partial charge in [-0.2, -0.15) is 0 Å². The second-order valence-corrected chi connectivity index (χ2v) is 7.14. The van der Waals surface area contributed by atoms with E-state index in [9.17, 15) is 8.42 Å². The Hall–Kier alpha value is -0.960. The Balaban J connectivity index is 2.27. The molecule has 1 aromatic carbocycles. The number of hydrogen-bond acceptors (Lipinski definition) is 6. The molecule has 0 unspecified atom stereocenters. The Morgan fingerprint density at radius 2 is 2.24 bits per heavy atom. The smallest absolute Gasteiger partial charge is 0.265 e. The highest BCUT2D eigenvalue weighted by atomic mass is 35.5. The van der Waals surface area contributed by atoms with Crippen LogP contribution in [0.15, 0.2) is 26.9 Å². The number of halogens is 1. The van der Waals surface area contributed by atoms with Crippen LogP contribution in [-0.2, 0) is 10.0 Å². The molecular formula is C12H17ClN4O2S2. The average molecular weight is 349 g/mol. The summed E-state index contributed by atoms with van der Waals surface area (Å²) in [5.41, 5.74) is 3.59. The quantitative estimate of drug-likeness (QED) is 0.722. The molecule has 0 amide bonds. The highest BCUT2D eigenvalue weighted by molar-refractivity contribution is 7.91. The minimum Gasteiger partial charge on any atom is -0.288 e. The Kier molecular flexibility index (Phi) is 5.03. The molecule has 1 heterocycles. The molecule has 6 nitrogen and oxygen atoms in total. The Morgan fingerprint density at radius 1 is 1.52 bits per heavy atom. The lowest BCUT2D eigenvalue weighted by Crippen LogP contribution is -2.53. The summed E-state index contributed by atoms with van der Waals surface area (Å²) < 4.78 is 27.3. The number of hydrazine groups is 1. The minimum absolute atomic E-state index is 0.0749. The maximum absolute atomic E-state index is 12.4. The van der Waals surface area contributed by atoms with Crippen LogP contribution in [0.2, 0.25) is 5.02 Å². The van der Waals surface area contributed by atoms with Gasteiger partial charge in [-0.1, -0.05) is 18.5 Å². The van der Waals surface area contributed by atoms with Gasteiger partial charge < -0.3 is 0 Å². The largest absolute Gasteiger partial charge is 0.288 e. The molecule has 0 radical (unpaired) electrons. The highest BCUT2D eigenvalue weighted by Crippen LogP contribution is 2.26. The first-order valence-corrected chi connectivity index (χ1v) is 8.72. The number of thiol groups is 1. The van der Waals surface area contributed by atoms with Gasteiger partial charge in [0.05, 0.1) is 6.54 Å². The molecule has 0 fully saturated rings. The van der Waals surface area contributed by atoms with Crippen LogP contribution in [0.1, 0.15) is 12.5 Å². The third-order valence-corrected chi connectivity index (χ3v) is 5.35. The summed E-state index contributed by atoms with van der Waals surface area (Å²) in [5.74, 6) is 0.212.